The number of hydrogen-bond donors (Lipinski definition) is 1. The molecule has 0 saturated heterocycles. The van der Waals surface area contributed by atoms with Gasteiger partial charge in [-0.1, -0.05) is 19.9 Å². The average Bonchev–Trinajstić information content (AvgIpc) is 2.16. The molecule has 78 valence electrons. The van der Waals surface area contributed by atoms with Crippen LogP contribution in [0.4, 0.5) is 0 Å². The van der Waals surface area contributed by atoms with Gasteiger partial charge in [0.25, 0.3) is 0 Å². The van der Waals surface area contributed by atoms with E-state index in [-0.39, 0.29) is 5.75 Å². The van der Waals surface area contributed by atoms with Gasteiger partial charge >= 0.3 is 0 Å². The number of ether oxygens (including phenoxy) is 1. The smallest absolute Gasteiger partial charge is 0.160 e. The van der Waals surface area contributed by atoms with E-state index in [1.165, 1.54) is 5.56 Å². The van der Waals surface area contributed by atoms with Crippen LogP contribution < -0.4 is 4.74 Å². The molecule has 0 spiro atoms. The summed E-state index contributed by atoms with van der Waals surface area (Å²) in [4.78, 5) is 0. The number of rotatable bonds is 4. The fourth-order valence-corrected chi connectivity index (χ4v) is 1.33. The largest absolute Gasteiger partial charge is 0.504 e. The monoisotopic (exact) mass is 194 g/mol. The quantitative estimate of drug-likeness (QED) is 0.798. The fourth-order valence-electron chi connectivity index (χ4n) is 1.33. The standard InChI is InChI=1S/C12H18O2/c1-9(2)4-5-10-6-7-11(13)12(8-10)14-3/h6-9,13H,4-5H2,1-3H3. The van der Waals surface area contributed by atoms with Crippen LogP contribution in [0.15, 0.2) is 18.2 Å². The zero-order valence-electron chi connectivity index (χ0n) is 9.08. The van der Waals surface area contributed by atoms with Crippen molar-refractivity contribution in [2.45, 2.75) is 26.7 Å². The summed E-state index contributed by atoms with van der Waals surface area (Å²) in [5.74, 6) is 1.47. The summed E-state index contributed by atoms with van der Waals surface area (Å²) in [6.45, 7) is 4.41. The van der Waals surface area contributed by atoms with Crippen molar-refractivity contribution in [3.8, 4) is 11.5 Å². The van der Waals surface area contributed by atoms with Crippen molar-refractivity contribution in [1.82, 2.24) is 0 Å². The maximum Gasteiger partial charge on any atom is 0.160 e. The third kappa shape index (κ3) is 2.95. The maximum atomic E-state index is 9.39. The molecule has 1 aromatic rings. The molecule has 14 heavy (non-hydrogen) atoms. The predicted octanol–water partition coefficient (Wildman–Crippen LogP) is 2.99. The van der Waals surface area contributed by atoms with Gasteiger partial charge in [-0.15, -0.1) is 0 Å². The van der Waals surface area contributed by atoms with Crippen LogP contribution in [0, 0.1) is 5.92 Å². The molecule has 0 aliphatic heterocycles. The van der Waals surface area contributed by atoms with E-state index in [2.05, 4.69) is 13.8 Å². The summed E-state index contributed by atoms with van der Waals surface area (Å²) in [7, 11) is 1.57. The maximum absolute atomic E-state index is 9.39. The van der Waals surface area contributed by atoms with E-state index in [9.17, 15) is 5.11 Å². The van der Waals surface area contributed by atoms with Crippen LogP contribution >= 0.6 is 0 Å². The Kier molecular flexibility index (Phi) is 3.81. The van der Waals surface area contributed by atoms with Gasteiger partial charge < -0.3 is 9.84 Å². The number of phenols is 1. The fraction of sp³-hybridized carbons (Fsp3) is 0.500. The van der Waals surface area contributed by atoms with E-state index in [1.54, 1.807) is 13.2 Å². The van der Waals surface area contributed by atoms with E-state index in [0.29, 0.717) is 11.7 Å². The van der Waals surface area contributed by atoms with Crippen molar-refractivity contribution in [1.29, 1.82) is 0 Å². The Morgan fingerprint density at radius 1 is 1.36 bits per heavy atom. The van der Waals surface area contributed by atoms with E-state index in [1.807, 2.05) is 12.1 Å². The van der Waals surface area contributed by atoms with Crippen LogP contribution in [-0.4, -0.2) is 12.2 Å². The van der Waals surface area contributed by atoms with E-state index in [0.717, 1.165) is 12.8 Å². The molecule has 0 saturated carbocycles. The number of methoxy groups -OCH3 is 1. The summed E-state index contributed by atoms with van der Waals surface area (Å²) in [6, 6.07) is 5.53. The van der Waals surface area contributed by atoms with Crippen molar-refractivity contribution in [2.24, 2.45) is 5.92 Å². The van der Waals surface area contributed by atoms with Crippen molar-refractivity contribution in [2.75, 3.05) is 7.11 Å². The first-order valence-electron chi connectivity index (χ1n) is 4.99. The van der Waals surface area contributed by atoms with E-state index < -0.39 is 0 Å². The molecule has 0 aliphatic carbocycles. The Morgan fingerprint density at radius 2 is 2.07 bits per heavy atom. The number of benzene rings is 1. The molecule has 0 atom stereocenters. The van der Waals surface area contributed by atoms with Crippen molar-refractivity contribution in [3.63, 3.8) is 0 Å². The van der Waals surface area contributed by atoms with Gasteiger partial charge in [-0.05, 0) is 36.5 Å². The lowest BCUT2D eigenvalue weighted by molar-refractivity contribution is 0.373. The second-order valence-electron chi connectivity index (χ2n) is 3.94. The molecule has 0 aliphatic rings. The first kappa shape index (κ1) is 10.9. The molecule has 1 rings (SSSR count). The summed E-state index contributed by atoms with van der Waals surface area (Å²) in [5, 5.41) is 9.39. The molecular formula is C12H18O2. The van der Waals surface area contributed by atoms with Gasteiger partial charge in [0.2, 0.25) is 0 Å². The van der Waals surface area contributed by atoms with Crippen LogP contribution in [0.2, 0.25) is 0 Å². The SMILES string of the molecule is COc1cc(CCC(C)C)ccc1O. The van der Waals surface area contributed by atoms with Gasteiger partial charge in [-0.2, -0.15) is 0 Å². The molecule has 0 bridgehead atoms. The molecular weight excluding hydrogens is 176 g/mol. The zero-order chi connectivity index (χ0) is 10.6. The van der Waals surface area contributed by atoms with Crippen LogP contribution in [0.25, 0.3) is 0 Å². The molecule has 0 fully saturated rings. The Bertz CT molecular complexity index is 292. The lowest BCUT2D eigenvalue weighted by Crippen LogP contribution is -1.93. The molecule has 0 heterocycles. The van der Waals surface area contributed by atoms with Gasteiger partial charge in [-0.25, -0.2) is 0 Å². The number of hydrogen-bond acceptors (Lipinski definition) is 2. The first-order chi connectivity index (χ1) is 6.63. The summed E-state index contributed by atoms with van der Waals surface area (Å²) < 4.78 is 5.04. The Balaban J connectivity index is 2.69. The minimum Gasteiger partial charge on any atom is -0.504 e. The van der Waals surface area contributed by atoms with E-state index in [4.69, 9.17) is 4.74 Å². The number of aryl methyl sites for hydroxylation is 1. The topological polar surface area (TPSA) is 29.5 Å². The minimum absolute atomic E-state index is 0.209. The predicted molar refractivity (Wildman–Crippen MR) is 57.8 cm³/mol. The van der Waals surface area contributed by atoms with Crippen LogP contribution in [0.1, 0.15) is 25.8 Å². The highest BCUT2D eigenvalue weighted by atomic mass is 16.5. The Hall–Kier alpha value is -1.18. The van der Waals surface area contributed by atoms with Crippen molar-refractivity contribution < 1.29 is 9.84 Å². The van der Waals surface area contributed by atoms with Gasteiger partial charge in [-0.3, -0.25) is 0 Å². The van der Waals surface area contributed by atoms with Gasteiger partial charge in [0.05, 0.1) is 7.11 Å². The number of aromatic hydroxyl groups is 1. The minimum atomic E-state index is 0.209. The van der Waals surface area contributed by atoms with E-state index >= 15 is 0 Å². The molecule has 0 amide bonds. The Labute approximate surface area is 85.5 Å². The lowest BCUT2D eigenvalue weighted by Gasteiger charge is -2.07. The third-order valence-electron chi connectivity index (χ3n) is 2.25. The molecule has 0 unspecified atom stereocenters. The first-order valence-corrected chi connectivity index (χ1v) is 4.99. The van der Waals surface area contributed by atoms with Crippen LogP contribution in [0.5, 0.6) is 11.5 Å². The van der Waals surface area contributed by atoms with Crippen molar-refractivity contribution >= 4 is 0 Å². The molecule has 2 heteroatoms. The van der Waals surface area contributed by atoms with Crippen LogP contribution in [-0.2, 0) is 6.42 Å². The molecule has 0 radical (unpaired) electrons. The molecule has 1 N–H and O–H groups in total. The summed E-state index contributed by atoms with van der Waals surface area (Å²) in [5.41, 5.74) is 1.22. The zero-order valence-corrected chi connectivity index (χ0v) is 9.08. The summed E-state index contributed by atoms with van der Waals surface area (Å²) in [6.07, 6.45) is 2.20. The molecule has 0 aromatic heterocycles. The molecule has 1 aromatic carbocycles. The van der Waals surface area contributed by atoms with Crippen LogP contribution in [0.3, 0.4) is 0 Å². The summed E-state index contributed by atoms with van der Waals surface area (Å²) >= 11 is 0. The second kappa shape index (κ2) is 4.89. The second-order valence-corrected chi connectivity index (χ2v) is 3.94. The highest BCUT2D eigenvalue weighted by Crippen LogP contribution is 2.27. The normalized spacial score (nSPS) is 10.6. The highest BCUT2D eigenvalue weighted by molar-refractivity contribution is 5.41. The number of phenolic OH excluding ortho intramolecular Hbond substituents is 1. The molecule has 2 nitrogen and oxygen atoms in total. The highest BCUT2D eigenvalue weighted by Gasteiger charge is 2.03. The lowest BCUT2D eigenvalue weighted by atomic mass is 10.0. The van der Waals surface area contributed by atoms with Gasteiger partial charge in [0.15, 0.2) is 11.5 Å². The van der Waals surface area contributed by atoms with Gasteiger partial charge in [0, 0.05) is 0 Å². The van der Waals surface area contributed by atoms with Crippen molar-refractivity contribution in [3.05, 3.63) is 23.8 Å². The van der Waals surface area contributed by atoms with Gasteiger partial charge in [0.1, 0.15) is 0 Å². The third-order valence-corrected chi connectivity index (χ3v) is 2.25. The average molecular weight is 194 g/mol. The Morgan fingerprint density at radius 3 is 2.64 bits per heavy atom.